The van der Waals surface area contributed by atoms with Crippen LogP contribution in [0, 0.1) is 6.92 Å². The SMILES string of the molecule is CCCc1nc2c(C)cc(C(=O)N[C@@H](CSC(=O)[C@@H](N)CC(=O)O)Cc3ccccc3)cc2n1Cc1ccc(-c2ccccc2C(=O)O)cc1. The molecule has 0 saturated carbocycles. The highest BCUT2D eigenvalue weighted by molar-refractivity contribution is 8.13. The van der Waals surface area contributed by atoms with Gasteiger partial charge < -0.3 is 25.8 Å². The molecule has 0 radical (unpaired) electrons. The number of aliphatic carboxylic acids is 1. The second kappa shape index (κ2) is 16.4. The summed E-state index contributed by atoms with van der Waals surface area (Å²) in [6.07, 6.45) is 1.63. The van der Waals surface area contributed by atoms with Crippen LogP contribution in [0.1, 0.15) is 63.0 Å². The first kappa shape index (κ1) is 36.0. The van der Waals surface area contributed by atoms with Crippen molar-refractivity contribution in [1.82, 2.24) is 14.9 Å². The summed E-state index contributed by atoms with van der Waals surface area (Å²) in [5.74, 6) is -1.30. The minimum Gasteiger partial charge on any atom is -0.481 e. The molecule has 1 amide bonds. The van der Waals surface area contributed by atoms with Gasteiger partial charge in [0, 0.05) is 30.3 Å². The molecule has 50 heavy (non-hydrogen) atoms. The minimum atomic E-state index is -1.15. The van der Waals surface area contributed by atoms with Crippen molar-refractivity contribution >= 4 is 45.8 Å². The fourth-order valence-corrected chi connectivity index (χ4v) is 6.80. The Kier molecular flexibility index (Phi) is 11.8. The predicted molar refractivity (Wildman–Crippen MR) is 195 cm³/mol. The molecule has 5 rings (SSSR count). The molecule has 0 aliphatic rings. The zero-order valence-corrected chi connectivity index (χ0v) is 28.8. The fourth-order valence-electron chi connectivity index (χ4n) is 5.94. The van der Waals surface area contributed by atoms with Gasteiger partial charge in [-0.25, -0.2) is 9.78 Å². The monoisotopic (exact) mass is 692 g/mol. The van der Waals surface area contributed by atoms with Gasteiger partial charge in [0.05, 0.1) is 29.1 Å². The molecule has 5 N–H and O–H groups in total. The summed E-state index contributed by atoms with van der Waals surface area (Å²) in [5, 5.41) is 21.4. The number of nitrogens with one attached hydrogen (secondary N) is 1. The van der Waals surface area contributed by atoms with E-state index in [1.54, 1.807) is 18.2 Å². The summed E-state index contributed by atoms with van der Waals surface area (Å²) >= 11 is 0.926. The van der Waals surface area contributed by atoms with Crippen molar-refractivity contribution in [3.8, 4) is 11.1 Å². The van der Waals surface area contributed by atoms with Gasteiger partial charge in [0.2, 0.25) is 5.12 Å². The van der Waals surface area contributed by atoms with Crippen LogP contribution in [0.2, 0.25) is 0 Å². The highest BCUT2D eigenvalue weighted by Gasteiger charge is 2.23. The van der Waals surface area contributed by atoms with Gasteiger partial charge in [-0.15, -0.1) is 0 Å². The van der Waals surface area contributed by atoms with Crippen molar-refractivity contribution in [3.05, 3.63) is 125 Å². The molecule has 10 nitrogen and oxygen atoms in total. The Morgan fingerprint density at radius 2 is 1.62 bits per heavy atom. The standard InChI is InChI=1S/C39H40N4O6S/c1-3-9-34-42-36-24(2)18-28(37(46)41-29(19-25-10-5-4-6-11-25)23-50-39(49)32(40)21-35(44)45)20-33(36)43(34)22-26-14-16-27(17-15-26)30-12-7-8-13-31(30)38(47)48/h4-8,10-18,20,29,32H,3,9,19,21-23,40H2,1-2H3,(H,41,46)(H,44,45)(H,47,48)/t29-,32+/m1/s1. The molecule has 0 aliphatic heterocycles. The highest BCUT2D eigenvalue weighted by atomic mass is 32.2. The Morgan fingerprint density at radius 3 is 2.30 bits per heavy atom. The number of imidazole rings is 1. The van der Waals surface area contributed by atoms with Gasteiger partial charge >= 0.3 is 11.9 Å². The van der Waals surface area contributed by atoms with Crippen molar-refractivity contribution in [2.45, 2.75) is 58.2 Å². The molecular weight excluding hydrogens is 653 g/mol. The lowest BCUT2D eigenvalue weighted by Crippen LogP contribution is -2.39. The molecular formula is C39H40N4O6S. The average Bonchev–Trinajstić information content (AvgIpc) is 3.44. The molecule has 0 saturated heterocycles. The van der Waals surface area contributed by atoms with Crippen molar-refractivity contribution in [3.63, 3.8) is 0 Å². The summed E-state index contributed by atoms with van der Waals surface area (Å²) in [7, 11) is 0. The molecule has 0 unspecified atom stereocenters. The first-order chi connectivity index (χ1) is 24.0. The number of carboxylic acid groups (broad SMARTS) is 2. The number of nitrogens with zero attached hydrogens (tertiary/aromatic N) is 2. The quantitative estimate of drug-likeness (QED) is 0.101. The van der Waals surface area contributed by atoms with Gasteiger partial charge in [0.15, 0.2) is 0 Å². The van der Waals surface area contributed by atoms with E-state index in [0.29, 0.717) is 24.1 Å². The lowest BCUT2D eigenvalue weighted by Gasteiger charge is -2.19. The van der Waals surface area contributed by atoms with Crippen LogP contribution >= 0.6 is 11.8 Å². The number of hydrogen-bond acceptors (Lipinski definition) is 7. The Hall–Kier alpha value is -5.26. The minimum absolute atomic E-state index is 0.222. The van der Waals surface area contributed by atoms with E-state index in [1.807, 2.05) is 79.7 Å². The van der Waals surface area contributed by atoms with Crippen LogP contribution in [0.3, 0.4) is 0 Å². The maximum atomic E-state index is 13.8. The number of amides is 1. The van der Waals surface area contributed by atoms with Crippen LogP contribution < -0.4 is 11.1 Å². The number of carbonyl (C=O) groups is 4. The van der Waals surface area contributed by atoms with Crippen LogP contribution in [0.15, 0.2) is 91.0 Å². The van der Waals surface area contributed by atoms with E-state index in [1.165, 1.54) is 0 Å². The lowest BCUT2D eigenvalue weighted by atomic mass is 9.98. The lowest BCUT2D eigenvalue weighted by molar-refractivity contribution is -0.138. The van der Waals surface area contributed by atoms with Gasteiger partial charge in [0.25, 0.3) is 5.91 Å². The first-order valence-electron chi connectivity index (χ1n) is 16.4. The number of aromatic carboxylic acids is 1. The number of fused-ring (bicyclic) bond motifs is 1. The number of rotatable bonds is 15. The largest absolute Gasteiger partial charge is 0.481 e. The third-order valence-electron chi connectivity index (χ3n) is 8.41. The predicted octanol–water partition coefficient (Wildman–Crippen LogP) is 6.11. The Morgan fingerprint density at radius 1 is 0.920 bits per heavy atom. The van der Waals surface area contributed by atoms with Crippen LogP contribution in [0.5, 0.6) is 0 Å². The van der Waals surface area contributed by atoms with E-state index < -0.39 is 35.6 Å². The summed E-state index contributed by atoms with van der Waals surface area (Å²) in [4.78, 5) is 54.2. The molecule has 2 atom stereocenters. The number of thioether (sulfide) groups is 1. The van der Waals surface area contributed by atoms with Crippen molar-refractivity contribution < 1.29 is 29.4 Å². The number of aromatic nitrogens is 2. The number of hydrogen-bond donors (Lipinski definition) is 4. The van der Waals surface area contributed by atoms with Crippen LogP contribution in [-0.4, -0.2) is 60.6 Å². The summed E-state index contributed by atoms with van der Waals surface area (Å²) in [5.41, 5.74) is 12.4. The van der Waals surface area contributed by atoms with Crippen molar-refractivity contribution in [2.24, 2.45) is 5.73 Å². The molecule has 11 heteroatoms. The third-order valence-corrected chi connectivity index (χ3v) is 9.56. The average molecular weight is 693 g/mol. The summed E-state index contributed by atoms with van der Waals surface area (Å²) < 4.78 is 2.13. The number of nitrogens with two attached hydrogens (primary N) is 1. The maximum Gasteiger partial charge on any atom is 0.336 e. The molecule has 5 aromatic rings. The topological polar surface area (TPSA) is 165 Å². The van der Waals surface area contributed by atoms with Crippen LogP contribution in [0.25, 0.3) is 22.2 Å². The zero-order chi connectivity index (χ0) is 35.8. The maximum absolute atomic E-state index is 13.8. The first-order valence-corrected chi connectivity index (χ1v) is 17.4. The van der Waals surface area contributed by atoms with Crippen LogP contribution in [0.4, 0.5) is 0 Å². The molecule has 0 spiro atoms. The molecule has 0 aliphatic carbocycles. The Labute approximate surface area is 294 Å². The molecule has 258 valence electrons. The fraction of sp³-hybridized carbons (Fsp3) is 0.256. The van der Waals surface area contributed by atoms with E-state index in [-0.39, 0.29) is 17.2 Å². The van der Waals surface area contributed by atoms with Gasteiger partial charge in [-0.3, -0.25) is 14.4 Å². The Bertz CT molecular complexity index is 2010. The van der Waals surface area contributed by atoms with Gasteiger partial charge in [-0.05, 0) is 65.8 Å². The zero-order valence-electron chi connectivity index (χ0n) is 28.0. The van der Waals surface area contributed by atoms with E-state index in [2.05, 4.69) is 16.8 Å². The summed E-state index contributed by atoms with van der Waals surface area (Å²) in [6, 6.07) is 26.4. The summed E-state index contributed by atoms with van der Waals surface area (Å²) in [6.45, 7) is 4.53. The molecule has 1 heterocycles. The molecule has 4 aromatic carbocycles. The van der Waals surface area contributed by atoms with E-state index >= 15 is 0 Å². The van der Waals surface area contributed by atoms with E-state index in [4.69, 9.17) is 15.8 Å². The number of benzene rings is 4. The molecule has 0 bridgehead atoms. The van der Waals surface area contributed by atoms with Gasteiger partial charge in [0.1, 0.15) is 5.82 Å². The number of aryl methyl sites for hydroxylation is 2. The van der Waals surface area contributed by atoms with Crippen molar-refractivity contribution in [2.75, 3.05) is 5.75 Å². The van der Waals surface area contributed by atoms with Gasteiger partial charge in [-0.2, -0.15) is 0 Å². The van der Waals surface area contributed by atoms with Crippen LogP contribution in [-0.2, 0) is 29.0 Å². The second-order valence-corrected chi connectivity index (χ2v) is 13.3. The number of carboxylic acids is 2. The Balaban J connectivity index is 1.41. The molecule has 0 fully saturated rings. The van der Waals surface area contributed by atoms with Crippen molar-refractivity contribution in [1.29, 1.82) is 0 Å². The second-order valence-electron chi connectivity index (χ2n) is 12.3. The molecule has 1 aromatic heterocycles. The highest BCUT2D eigenvalue weighted by Crippen LogP contribution is 2.27. The van der Waals surface area contributed by atoms with E-state index in [9.17, 15) is 24.3 Å². The van der Waals surface area contributed by atoms with E-state index in [0.717, 1.165) is 63.7 Å². The van der Waals surface area contributed by atoms with Gasteiger partial charge in [-0.1, -0.05) is 91.5 Å². The third kappa shape index (κ3) is 8.85. The number of carbonyl (C=O) groups excluding carboxylic acids is 2. The smallest absolute Gasteiger partial charge is 0.336 e. The normalized spacial score (nSPS) is 12.4.